The Hall–Kier alpha value is -3.13. The Morgan fingerprint density at radius 2 is 1.55 bits per heavy atom. The molecule has 16 nitrogen and oxygen atoms in total. The van der Waals surface area contributed by atoms with Crippen LogP contribution in [0.2, 0.25) is 0 Å². The third kappa shape index (κ3) is 14.7. The van der Waals surface area contributed by atoms with Crippen LogP contribution in [-0.2, 0) is 33.3 Å². The summed E-state index contributed by atoms with van der Waals surface area (Å²) in [5.74, 6) is -6.47. The highest BCUT2D eigenvalue weighted by Crippen LogP contribution is 2.38. The topological polar surface area (TPSA) is 276 Å². The van der Waals surface area contributed by atoms with Crippen LogP contribution in [0.25, 0.3) is 0 Å². The Morgan fingerprint density at radius 1 is 0.929 bits per heavy atom. The first kappa shape index (κ1) is 47.2. The van der Waals surface area contributed by atoms with Gasteiger partial charge in [-0.3, -0.25) is 14.4 Å². The van der Waals surface area contributed by atoms with Crippen molar-refractivity contribution >= 4 is 17.7 Å². The third-order valence-electron chi connectivity index (χ3n) is 10.4. The first-order valence-corrected chi connectivity index (χ1v) is 19.3. The van der Waals surface area contributed by atoms with Crippen LogP contribution < -0.4 is 5.73 Å². The van der Waals surface area contributed by atoms with E-state index in [1.165, 1.54) is 13.0 Å². The van der Waals surface area contributed by atoms with E-state index < -0.39 is 128 Å². The minimum Gasteiger partial charge on any atom is -0.481 e. The Balaban J connectivity index is 1.91. The minimum absolute atomic E-state index is 0.0294. The first-order chi connectivity index (χ1) is 26.4. The maximum Gasteiger partial charge on any atom is 0.311 e. The Morgan fingerprint density at radius 3 is 2.20 bits per heavy atom. The molecule has 2 fully saturated rings. The molecule has 2 bridgehead atoms. The lowest BCUT2D eigenvalue weighted by Gasteiger charge is -2.45. The average molecular weight is 796 g/mol. The lowest BCUT2D eigenvalue weighted by atomic mass is 9.82. The summed E-state index contributed by atoms with van der Waals surface area (Å²) in [5.41, 5.74) is 5.99. The van der Waals surface area contributed by atoms with E-state index in [2.05, 4.69) is 0 Å². The molecule has 3 rings (SSSR count). The molecule has 10 N–H and O–H groups in total. The van der Waals surface area contributed by atoms with Gasteiger partial charge in [-0.2, -0.15) is 0 Å². The van der Waals surface area contributed by atoms with E-state index in [9.17, 15) is 55.2 Å². The summed E-state index contributed by atoms with van der Waals surface area (Å²) in [6, 6.07) is -1.13. The number of hydrogen-bond acceptors (Lipinski definition) is 15. The second-order valence-electron chi connectivity index (χ2n) is 15.0. The number of ketones is 1. The lowest BCUT2D eigenvalue weighted by molar-refractivity contribution is -0.310. The molecular weight excluding hydrogens is 734 g/mol. The van der Waals surface area contributed by atoms with Crippen LogP contribution in [0.1, 0.15) is 78.6 Å². The second-order valence-corrected chi connectivity index (χ2v) is 15.0. The van der Waals surface area contributed by atoms with Gasteiger partial charge in [0, 0.05) is 38.5 Å². The van der Waals surface area contributed by atoms with Crippen molar-refractivity contribution in [1.29, 1.82) is 0 Å². The molecule has 0 unspecified atom stereocenters. The number of aliphatic hydroxyl groups excluding tert-OH is 6. The van der Waals surface area contributed by atoms with Gasteiger partial charge >= 0.3 is 11.9 Å². The van der Waals surface area contributed by atoms with Gasteiger partial charge in [0.25, 0.3) is 0 Å². The number of fused-ring (bicyclic) bond motifs is 2. The molecular formula is C40H61NO15. The summed E-state index contributed by atoms with van der Waals surface area (Å²) in [6.07, 6.45) is 1.21. The summed E-state index contributed by atoms with van der Waals surface area (Å²) in [5, 5.41) is 85.5. The number of carboxylic acids is 1. The van der Waals surface area contributed by atoms with Crippen LogP contribution in [0, 0.1) is 11.8 Å². The van der Waals surface area contributed by atoms with Crippen molar-refractivity contribution in [3.05, 3.63) is 60.8 Å². The van der Waals surface area contributed by atoms with Crippen molar-refractivity contribution in [1.82, 2.24) is 0 Å². The van der Waals surface area contributed by atoms with E-state index in [-0.39, 0.29) is 25.2 Å². The molecule has 0 aromatic rings. The van der Waals surface area contributed by atoms with E-state index in [0.29, 0.717) is 6.42 Å². The second kappa shape index (κ2) is 22.7. The van der Waals surface area contributed by atoms with Crippen molar-refractivity contribution in [2.24, 2.45) is 17.6 Å². The normalized spacial score (nSPS) is 42.5. The van der Waals surface area contributed by atoms with Crippen molar-refractivity contribution in [2.45, 2.75) is 158 Å². The lowest BCUT2D eigenvalue weighted by Crippen LogP contribution is -2.61. The van der Waals surface area contributed by atoms with E-state index in [1.807, 2.05) is 19.9 Å². The summed E-state index contributed by atoms with van der Waals surface area (Å²) in [6.45, 7) is 5.45. The van der Waals surface area contributed by atoms with Gasteiger partial charge < -0.3 is 65.5 Å². The molecule has 3 aliphatic rings. The number of carbonyl (C=O) groups excluding carboxylic acids is 2. The number of rotatable bonds is 5. The highest BCUT2D eigenvalue weighted by molar-refractivity contribution is 5.80. The maximum atomic E-state index is 12.6. The summed E-state index contributed by atoms with van der Waals surface area (Å²) < 4.78 is 23.2. The van der Waals surface area contributed by atoms with Crippen molar-refractivity contribution in [3.8, 4) is 0 Å². The fourth-order valence-electron chi connectivity index (χ4n) is 6.85. The zero-order chi connectivity index (χ0) is 41.6. The highest BCUT2D eigenvalue weighted by Gasteiger charge is 2.51. The zero-order valence-electron chi connectivity index (χ0n) is 32.2. The third-order valence-corrected chi connectivity index (χ3v) is 10.4. The minimum atomic E-state index is -2.34. The fraction of sp³-hybridized carbons (Fsp3) is 0.675. The largest absolute Gasteiger partial charge is 0.481 e. The molecule has 2 saturated heterocycles. The maximum absolute atomic E-state index is 12.6. The van der Waals surface area contributed by atoms with E-state index in [0.717, 1.165) is 6.42 Å². The van der Waals surface area contributed by atoms with Crippen molar-refractivity contribution < 1.29 is 74.2 Å². The molecule has 3 aliphatic heterocycles. The van der Waals surface area contributed by atoms with E-state index >= 15 is 0 Å². The van der Waals surface area contributed by atoms with E-state index in [1.54, 1.807) is 48.6 Å². The number of allylic oxidation sites excluding steroid dienone is 8. The van der Waals surface area contributed by atoms with Crippen molar-refractivity contribution in [3.63, 3.8) is 0 Å². The number of aliphatic hydroxyl groups is 7. The number of cyclic esters (lactones) is 1. The Labute approximate surface area is 327 Å². The monoisotopic (exact) mass is 795 g/mol. The SMILES string of the molecule is CC[C@H](C)[C@H]1C/C=C/C=C/C=C/C=C/C=C/[C@@H](O[C@@H]2O[C@H](C)[C@@H](O)[C@@H](N)[C@@H]2O)C[C@@H]2O[C@](O)(C[C@H](O)[C@@H]2C(=O)O)C[C@H](O)[C@@H](O)CCC(=O)C[C@@H](O)CC(=O)O1. The van der Waals surface area contributed by atoms with Gasteiger partial charge in [0.1, 0.15) is 23.9 Å². The molecule has 16 heteroatoms. The molecule has 15 atom stereocenters. The van der Waals surface area contributed by atoms with Gasteiger partial charge in [0.05, 0.1) is 61.3 Å². The molecule has 0 amide bonds. The number of hydrogen-bond donors (Lipinski definition) is 9. The van der Waals surface area contributed by atoms with Gasteiger partial charge in [-0.05, 0) is 19.3 Å². The van der Waals surface area contributed by atoms with Crippen LogP contribution >= 0.6 is 0 Å². The molecule has 3 heterocycles. The predicted molar refractivity (Wildman–Crippen MR) is 201 cm³/mol. The molecule has 316 valence electrons. The molecule has 0 radical (unpaired) electrons. The number of nitrogens with two attached hydrogens (primary N) is 1. The van der Waals surface area contributed by atoms with Gasteiger partial charge in [0.2, 0.25) is 0 Å². The molecule has 0 aromatic carbocycles. The highest BCUT2D eigenvalue weighted by atomic mass is 16.7. The van der Waals surface area contributed by atoms with Crippen molar-refractivity contribution in [2.75, 3.05) is 0 Å². The average Bonchev–Trinajstić information content (AvgIpc) is 3.11. The predicted octanol–water partition coefficient (Wildman–Crippen LogP) is 0.840. The van der Waals surface area contributed by atoms with Crippen LogP contribution in [0.15, 0.2) is 60.8 Å². The molecule has 0 saturated carbocycles. The van der Waals surface area contributed by atoms with Crippen LogP contribution in [0.4, 0.5) is 0 Å². The molecule has 0 aliphatic carbocycles. The number of aliphatic carboxylic acids is 1. The summed E-state index contributed by atoms with van der Waals surface area (Å²) >= 11 is 0. The number of carbonyl (C=O) groups is 3. The molecule has 0 aromatic heterocycles. The number of ether oxygens (including phenoxy) is 4. The zero-order valence-corrected chi connectivity index (χ0v) is 32.2. The van der Waals surface area contributed by atoms with Gasteiger partial charge in [0.15, 0.2) is 12.1 Å². The van der Waals surface area contributed by atoms with Gasteiger partial charge in [-0.1, -0.05) is 81.0 Å². The number of Topliss-reactive ketones (excluding diaryl/α,β-unsaturated/α-hetero) is 1. The van der Waals surface area contributed by atoms with Gasteiger partial charge in [-0.15, -0.1) is 0 Å². The van der Waals surface area contributed by atoms with Crippen LogP contribution in [0.3, 0.4) is 0 Å². The molecule has 56 heavy (non-hydrogen) atoms. The quantitative estimate of drug-likeness (QED) is 0.174. The molecule has 0 spiro atoms. The van der Waals surface area contributed by atoms with Gasteiger partial charge in [-0.25, -0.2) is 0 Å². The van der Waals surface area contributed by atoms with Crippen LogP contribution in [0.5, 0.6) is 0 Å². The van der Waals surface area contributed by atoms with E-state index in [4.69, 9.17) is 24.7 Å². The first-order valence-electron chi connectivity index (χ1n) is 19.3. The summed E-state index contributed by atoms with van der Waals surface area (Å²) in [7, 11) is 0. The fourth-order valence-corrected chi connectivity index (χ4v) is 6.85. The smallest absolute Gasteiger partial charge is 0.311 e. The number of esters is 1. The Bertz CT molecular complexity index is 1420. The number of carboxylic acid groups (broad SMARTS) is 1. The van der Waals surface area contributed by atoms with Crippen LogP contribution in [-0.4, -0.2) is 138 Å². The standard InChI is InChI=1S/C40H61NO15/c1-4-23(2)31-15-13-11-9-7-5-6-8-10-12-14-27(54-39-37(49)35(41)36(48)24(3)53-39)20-32-34(38(50)51)30(46)22-40(52,56-32)21-29(45)28(44)17-16-25(42)18-26(43)19-33(47)55-31/h5-14,23-24,26-32,34-37,39,43-46,48-49,52H,4,15-22,41H2,1-3H3,(H,50,51)/b6-5+,9-7+,10-8+,13-11+,14-12+/t23-,24+,26+,27+,28-,29-,30-,31+,32-,34-,35+,36+,37-,39-,40-/m0/s1. The Kier molecular flexibility index (Phi) is 19.2. The summed E-state index contributed by atoms with van der Waals surface area (Å²) in [4.78, 5) is 37.7.